The van der Waals surface area contributed by atoms with E-state index in [0.29, 0.717) is 4.90 Å². The summed E-state index contributed by atoms with van der Waals surface area (Å²) in [6, 6.07) is 10.9. The van der Waals surface area contributed by atoms with Crippen LogP contribution in [-0.4, -0.2) is 26.8 Å². The molecular formula is C15H15N2O2S-. The van der Waals surface area contributed by atoms with Crippen molar-refractivity contribution in [3.8, 4) is 11.1 Å². The Hall–Kier alpha value is -1.72. The first-order chi connectivity index (χ1) is 9.75. The van der Waals surface area contributed by atoms with Crippen molar-refractivity contribution in [2.45, 2.75) is 17.7 Å². The molecule has 1 aromatic carbocycles. The first kappa shape index (κ1) is 13.3. The molecule has 2 heterocycles. The Labute approximate surface area is 120 Å². The van der Waals surface area contributed by atoms with Gasteiger partial charge in [0.2, 0.25) is 0 Å². The van der Waals surface area contributed by atoms with E-state index in [-0.39, 0.29) is 0 Å². The number of hydrogen-bond donors (Lipinski definition) is 0. The molecule has 2 aromatic rings. The van der Waals surface area contributed by atoms with Gasteiger partial charge in [0.25, 0.3) is 0 Å². The second-order valence-electron chi connectivity index (χ2n) is 4.83. The average Bonchev–Trinajstić information content (AvgIpc) is 3.01. The van der Waals surface area contributed by atoms with Gasteiger partial charge in [-0.25, -0.2) is 4.98 Å². The lowest BCUT2D eigenvalue weighted by Crippen LogP contribution is -2.19. The van der Waals surface area contributed by atoms with Crippen LogP contribution in [-0.2, 0) is 11.1 Å². The molecule has 0 radical (unpaired) electrons. The van der Waals surface area contributed by atoms with E-state index in [1.165, 1.54) is 12.8 Å². The third kappa shape index (κ3) is 2.59. The first-order valence-corrected chi connectivity index (χ1v) is 7.73. The monoisotopic (exact) mass is 287 g/mol. The summed E-state index contributed by atoms with van der Waals surface area (Å²) in [5.41, 5.74) is 2.05. The van der Waals surface area contributed by atoms with Crippen molar-refractivity contribution in [2.75, 3.05) is 18.0 Å². The summed E-state index contributed by atoms with van der Waals surface area (Å²) < 4.78 is 21.8. The number of rotatable bonds is 3. The molecular weight excluding hydrogens is 272 g/mol. The van der Waals surface area contributed by atoms with Crippen LogP contribution in [0.1, 0.15) is 12.8 Å². The van der Waals surface area contributed by atoms with Crippen LogP contribution in [0.15, 0.2) is 47.5 Å². The third-order valence-corrected chi connectivity index (χ3v) is 4.21. The molecule has 0 saturated carbocycles. The van der Waals surface area contributed by atoms with Crippen LogP contribution in [0.2, 0.25) is 0 Å². The standard InChI is InChI=1S/C15H16N2O2S/c18-20(19)13-7-5-12(6-8-13)14-4-3-9-16-15(14)17-10-1-2-11-17/h3-9H,1-2,10-11H2,(H,18,19)/p-1. The SMILES string of the molecule is O=S([O-])c1ccc(-c2cccnc2N2CCCC2)cc1. The Morgan fingerprint density at radius 1 is 1.10 bits per heavy atom. The molecule has 4 nitrogen and oxygen atoms in total. The van der Waals surface area contributed by atoms with E-state index in [4.69, 9.17) is 0 Å². The normalized spacial score (nSPS) is 16.4. The van der Waals surface area contributed by atoms with E-state index in [1.54, 1.807) is 18.3 Å². The molecule has 20 heavy (non-hydrogen) atoms. The molecule has 5 heteroatoms. The average molecular weight is 287 g/mol. The Kier molecular flexibility index (Phi) is 3.80. The van der Waals surface area contributed by atoms with Gasteiger partial charge in [-0.1, -0.05) is 12.1 Å². The molecule has 0 aliphatic carbocycles. The van der Waals surface area contributed by atoms with Gasteiger partial charge in [-0.15, -0.1) is 0 Å². The van der Waals surface area contributed by atoms with Crippen LogP contribution in [0.4, 0.5) is 5.82 Å². The molecule has 0 spiro atoms. The van der Waals surface area contributed by atoms with E-state index in [2.05, 4.69) is 9.88 Å². The van der Waals surface area contributed by atoms with Crippen molar-refractivity contribution in [3.05, 3.63) is 42.6 Å². The molecule has 1 aliphatic heterocycles. The van der Waals surface area contributed by atoms with Gasteiger partial charge in [0.05, 0.1) is 0 Å². The van der Waals surface area contributed by atoms with Crippen molar-refractivity contribution in [1.29, 1.82) is 0 Å². The number of hydrogen-bond acceptors (Lipinski definition) is 4. The van der Waals surface area contributed by atoms with Gasteiger partial charge in [0, 0.05) is 29.7 Å². The van der Waals surface area contributed by atoms with Crippen molar-refractivity contribution < 1.29 is 8.76 Å². The Morgan fingerprint density at radius 2 is 1.80 bits per heavy atom. The third-order valence-electron chi connectivity index (χ3n) is 3.55. The highest BCUT2D eigenvalue weighted by Crippen LogP contribution is 2.31. The van der Waals surface area contributed by atoms with Gasteiger partial charge < -0.3 is 9.45 Å². The van der Waals surface area contributed by atoms with Gasteiger partial charge in [-0.05, 0) is 53.8 Å². The first-order valence-electron chi connectivity index (χ1n) is 6.65. The van der Waals surface area contributed by atoms with E-state index >= 15 is 0 Å². The van der Waals surface area contributed by atoms with Crippen LogP contribution >= 0.6 is 0 Å². The second-order valence-corrected chi connectivity index (χ2v) is 5.77. The van der Waals surface area contributed by atoms with E-state index in [9.17, 15) is 8.76 Å². The van der Waals surface area contributed by atoms with Gasteiger partial charge >= 0.3 is 0 Å². The smallest absolute Gasteiger partial charge is 0.136 e. The van der Waals surface area contributed by atoms with E-state index in [0.717, 1.165) is 30.0 Å². The number of aromatic nitrogens is 1. The molecule has 1 unspecified atom stereocenters. The van der Waals surface area contributed by atoms with E-state index < -0.39 is 11.1 Å². The molecule has 0 N–H and O–H groups in total. The lowest BCUT2D eigenvalue weighted by Gasteiger charge is -2.20. The topological polar surface area (TPSA) is 56.3 Å². The van der Waals surface area contributed by atoms with Crippen LogP contribution in [0, 0.1) is 0 Å². The number of anilines is 1. The fraction of sp³-hybridized carbons (Fsp3) is 0.267. The highest BCUT2D eigenvalue weighted by atomic mass is 32.2. The van der Waals surface area contributed by atoms with E-state index in [1.807, 2.05) is 24.3 Å². The summed E-state index contributed by atoms with van der Waals surface area (Å²) in [6.45, 7) is 2.07. The fourth-order valence-electron chi connectivity index (χ4n) is 2.55. The molecule has 1 atom stereocenters. The Morgan fingerprint density at radius 3 is 2.45 bits per heavy atom. The lowest BCUT2D eigenvalue weighted by atomic mass is 10.1. The maximum absolute atomic E-state index is 10.9. The summed E-state index contributed by atoms with van der Waals surface area (Å²) in [6.07, 6.45) is 4.20. The molecule has 1 saturated heterocycles. The maximum atomic E-state index is 10.9. The Bertz CT molecular complexity index is 622. The van der Waals surface area contributed by atoms with Gasteiger partial charge in [-0.2, -0.15) is 0 Å². The summed E-state index contributed by atoms with van der Waals surface area (Å²) in [4.78, 5) is 7.09. The van der Waals surface area contributed by atoms with Crippen LogP contribution in [0.25, 0.3) is 11.1 Å². The minimum atomic E-state index is -2.18. The largest absolute Gasteiger partial charge is 0.768 e. The predicted octanol–water partition coefficient (Wildman–Crippen LogP) is 2.59. The number of nitrogens with zero attached hydrogens (tertiary/aromatic N) is 2. The zero-order valence-electron chi connectivity index (χ0n) is 11.0. The van der Waals surface area contributed by atoms with Crippen molar-refractivity contribution >= 4 is 16.9 Å². The summed E-state index contributed by atoms with van der Waals surface area (Å²) in [5, 5.41) is 0. The second kappa shape index (κ2) is 5.73. The van der Waals surface area contributed by atoms with Crippen molar-refractivity contribution in [3.63, 3.8) is 0 Å². The zero-order valence-corrected chi connectivity index (χ0v) is 11.8. The molecule has 1 aliphatic rings. The molecule has 0 amide bonds. The summed E-state index contributed by atoms with van der Waals surface area (Å²) in [7, 11) is 0. The van der Waals surface area contributed by atoms with Gasteiger partial charge in [-0.3, -0.25) is 4.21 Å². The van der Waals surface area contributed by atoms with Crippen molar-refractivity contribution in [1.82, 2.24) is 4.98 Å². The predicted molar refractivity (Wildman–Crippen MR) is 78.3 cm³/mol. The lowest BCUT2D eigenvalue weighted by molar-refractivity contribution is 0.537. The van der Waals surface area contributed by atoms with Crippen LogP contribution in [0.3, 0.4) is 0 Å². The number of benzene rings is 1. The molecule has 1 aromatic heterocycles. The van der Waals surface area contributed by atoms with Crippen LogP contribution < -0.4 is 4.90 Å². The Balaban J connectivity index is 1.98. The van der Waals surface area contributed by atoms with Crippen LogP contribution in [0.5, 0.6) is 0 Å². The number of pyridine rings is 1. The molecule has 0 bridgehead atoms. The summed E-state index contributed by atoms with van der Waals surface area (Å²) >= 11 is -2.18. The molecule has 3 rings (SSSR count). The molecule has 1 fully saturated rings. The highest BCUT2D eigenvalue weighted by Gasteiger charge is 2.17. The quantitative estimate of drug-likeness (QED) is 0.814. The zero-order chi connectivity index (χ0) is 13.9. The fourth-order valence-corrected chi connectivity index (χ4v) is 2.91. The maximum Gasteiger partial charge on any atom is 0.136 e. The van der Waals surface area contributed by atoms with Gasteiger partial charge in [0.15, 0.2) is 0 Å². The summed E-state index contributed by atoms with van der Waals surface area (Å²) in [5.74, 6) is 0.987. The minimum Gasteiger partial charge on any atom is -0.768 e. The van der Waals surface area contributed by atoms with Crippen molar-refractivity contribution in [2.24, 2.45) is 0 Å². The highest BCUT2D eigenvalue weighted by molar-refractivity contribution is 7.79. The molecule has 104 valence electrons. The minimum absolute atomic E-state index is 0.306. The van der Waals surface area contributed by atoms with Gasteiger partial charge in [0.1, 0.15) is 5.82 Å².